The Bertz CT molecular complexity index is 823. The molecule has 0 amide bonds. The molecule has 0 atom stereocenters. The molecule has 0 aromatic heterocycles. The SMILES string of the molecule is O=C(O)c1ccc(F)c(CNS(=O)(=O)c2ccccc2Cl)c1. The number of hydrogen-bond donors (Lipinski definition) is 2. The Kier molecular flexibility index (Phi) is 4.80. The zero-order valence-electron chi connectivity index (χ0n) is 11.1. The maximum absolute atomic E-state index is 13.6. The van der Waals surface area contributed by atoms with Crippen molar-refractivity contribution < 1.29 is 22.7 Å². The van der Waals surface area contributed by atoms with E-state index in [1.807, 2.05) is 0 Å². The van der Waals surface area contributed by atoms with E-state index in [1.165, 1.54) is 18.2 Å². The van der Waals surface area contributed by atoms with Gasteiger partial charge >= 0.3 is 5.97 Å². The van der Waals surface area contributed by atoms with Gasteiger partial charge in [0.1, 0.15) is 10.7 Å². The third-order valence-corrected chi connectivity index (χ3v) is 4.77. The van der Waals surface area contributed by atoms with Crippen LogP contribution in [0.1, 0.15) is 15.9 Å². The molecule has 8 heteroatoms. The lowest BCUT2D eigenvalue weighted by Crippen LogP contribution is -2.24. The number of aromatic carboxylic acids is 1. The molecular formula is C14H11ClFNO4S. The number of sulfonamides is 1. The van der Waals surface area contributed by atoms with Gasteiger partial charge in [-0.3, -0.25) is 0 Å². The molecule has 0 saturated heterocycles. The monoisotopic (exact) mass is 343 g/mol. The zero-order chi connectivity index (χ0) is 16.3. The highest BCUT2D eigenvalue weighted by Gasteiger charge is 2.18. The Balaban J connectivity index is 2.25. The van der Waals surface area contributed by atoms with E-state index >= 15 is 0 Å². The van der Waals surface area contributed by atoms with Gasteiger partial charge in [-0.1, -0.05) is 23.7 Å². The van der Waals surface area contributed by atoms with E-state index in [2.05, 4.69) is 4.72 Å². The van der Waals surface area contributed by atoms with Gasteiger partial charge in [0.15, 0.2) is 0 Å². The summed E-state index contributed by atoms with van der Waals surface area (Å²) in [4.78, 5) is 10.7. The fourth-order valence-electron chi connectivity index (χ4n) is 1.76. The number of carboxylic acids is 1. The van der Waals surface area contributed by atoms with Gasteiger partial charge in [-0.05, 0) is 30.3 Å². The Labute approximate surface area is 131 Å². The molecule has 0 aliphatic carbocycles. The second kappa shape index (κ2) is 6.43. The summed E-state index contributed by atoms with van der Waals surface area (Å²) in [7, 11) is -3.94. The van der Waals surface area contributed by atoms with Crippen molar-refractivity contribution in [1.29, 1.82) is 0 Å². The molecule has 0 aliphatic rings. The van der Waals surface area contributed by atoms with Crippen LogP contribution in [0.5, 0.6) is 0 Å². The number of hydrogen-bond acceptors (Lipinski definition) is 3. The van der Waals surface area contributed by atoms with E-state index < -0.39 is 21.8 Å². The average Bonchev–Trinajstić information content (AvgIpc) is 2.46. The van der Waals surface area contributed by atoms with Crippen LogP contribution >= 0.6 is 11.6 Å². The molecular weight excluding hydrogens is 333 g/mol. The molecule has 2 rings (SSSR count). The average molecular weight is 344 g/mol. The third kappa shape index (κ3) is 3.62. The smallest absolute Gasteiger partial charge is 0.335 e. The van der Waals surface area contributed by atoms with Crippen LogP contribution in [0.3, 0.4) is 0 Å². The summed E-state index contributed by atoms with van der Waals surface area (Å²) in [5.74, 6) is -1.93. The van der Waals surface area contributed by atoms with E-state index in [0.29, 0.717) is 0 Å². The number of carbonyl (C=O) groups is 1. The molecule has 5 nitrogen and oxygen atoms in total. The first kappa shape index (κ1) is 16.4. The van der Waals surface area contributed by atoms with Crippen LogP contribution in [0.25, 0.3) is 0 Å². The summed E-state index contributed by atoms with van der Waals surface area (Å²) in [5, 5.41) is 8.90. The molecule has 116 valence electrons. The maximum Gasteiger partial charge on any atom is 0.335 e. The molecule has 0 radical (unpaired) electrons. The Morgan fingerprint density at radius 1 is 1.23 bits per heavy atom. The van der Waals surface area contributed by atoms with Gasteiger partial charge in [0.2, 0.25) is 10.0 Å². The summed E-state index contributed by atoms with van der Waals surface area (Å²) < 4.78 is 40.1. The molecule has 2 N–H and O–H groups in total. The number of halogens is 2. The second-order valence-corrected chi connectivity index (χ2v) is 6.51. The van der Waals surface area contributed by atoms with Crippen molar-refractivity contribution in [2.24, 2.45) is 0 Å². The van der Waals surface area contributed by atoms with Gasteiger partial charge in [-0.2, -0.15) is 0 Å². The second-order valence-electron chi connectivity index (χ2n) is 4.37. The van der Waals surface area contributed by atoms with Crippen LogP contribution < -0.4 is 4.72 Å². The highest BCUT2D eigenvalue weighted by atomic mass is 35.5. The molecule has 0 aliphatic heterocycles. The molecule has 0 spiro atoms. The lowest BCUT2D eigenvalue weighted by Gasteiger charge is -2.09. The fraction of sp³-hybridized carbons (Fsp3) is 0.0714. The van der Waals surface area contributed by atoms with Crippen molar-refractivity contribution in [1.82, 2.24) is 4.72 Å². The van der Waals surface area contributed by atoms with Gasteiger partial charge in [0.25, 0.3) is 0 Å². The van der Waals surface area contributed by atoms with E-state index in [9.17, 15) is 17.6 Å². The maximum atomic E-state index is 13.6. The first-order valence-corrected chi connectivity index (χ1v) is 7.93. The summed E-state index contributed by atoms with van der Waals surface area (Å²) in [6.45, 7) is -0.388. The molecule has 0 heterocycles. The van der Waals surface area contributed by atoms with Crippen molar-refractivity contribution >= 4 is 27.6 Å². The highest BCUT2D eigenvalue weighted by molar-refractivity contribution is 7.89. The van der Waals surface area contributed by atoms with Gasteiger partial charge in [-0.15, -0.1) is 0 Å². The van der Waals surface area contributed by atoms with E-state index in [4.69, 9.17) is 16.7 Å². The van der Waals surface area contributed by atoms with Crippen LogP contribution in [0, 0.1) is 5.82 Å². The summed E-state index contributed by atoms with van der Waals surface area (Å²) >= 11 is 5.82. The standard InChI is InChI=1S/C14H11ClFNO4S/c15-11-3-1-2-4-13(11)22(20,21)17-8-10-7-9(14(18)19)5-6-12(10)16/h1-7,17H,8H2,(H,18,19). The van der Waals surface area contributed by atoms with Crippen LogP contribution in [-0.4, -0.2) is 19.5 Å². The molecule has 0 unspecified atom stereocenters. The van der Waals surface area contributed by atoms with Crippen molar-refractivity contribution in [3.05, 3.63) is 64.4 Å². The number of benzene rings is 2. The van der Waals surface area contributed by atoms with Crippen molar-refractivity contribution in [2.75, 3.05) is 0 Å². The first-order valence-electron chi connectivity index (χ1n) is 6.07. The van der Waals surface area contributed by atoms with Crippen molar-refractivity contribution in [3.8, 4) is 0 Å². The Morgan fingerprint density at radius 3 is 2.55 bits per heavy atom. The molecule has 22 heavy (non-hydrogen) atoms. The third-order valence-electron chi connectivity index (χ3n) is 2.87. The summed E-state index contributed by atoms with van der Waals surface area (Å²) in [6.07, 6.45) is 0. The Hall–Kier alpha value is -1.96. The van der Waals surface area contributed by atoms with Gasteiger partial charge < -0.3 is 5.11 Å². The van der Waals surface area contributed by atoms with Crippen molar-refractivity contribution in [2.45, 2.75) is 11.4 Å². The van der Waals surface area contributed by atoms with Crippen LogP contribution in [-0.2, 0) is 16.6 Å². The van der Waals surface area contributed by atoms with E-state index in [0.717, 1.165) is 18.2 Å². The Morgan fingerprint density at radius 2 is 1.91 bits per heavy atom. The van der Waals surface area contributed by atoms with Gasteiger partial charge in [0, 0.05) is 12.1 Å². The van der Waals surface area contributed by atoms with Gasteiger partial charge in [0.05, 0.1) is 10.6 Å². The first-order chi connectivity index (χ1) is 10.3. The molecule has 2 aromatic carbocycles. The zero-order valence-corrected chi connectivity index (χ0v) is 12.7. The number of nitrogens with one attached hydrogen (secondary N) is 1. The van der Waals surface area contributed by atoms with Crippen molar-refractivity contribution in [3.63, 3.8) is 0 Å². The quantitative estimate of drug-likeness (QED) is 0.874. The summed E-state index contributed by atoms with van der Waals surface area (Å²) in [5.41, 5.74) is -0.205. The predicted octanol–water partition coefficient (Wildman–Crippen LogP) is 2.66. The largest absolute Gasteiger partial charge is 0.478 e. The van der Waals surface area contributed by atoms with E-state index in [-0.39, 0.29) is 27.6 Å². The van der Waals surface area contributed by atoms with Gasteiger partial charge in [-0.25, -0.2) is 22.3 Å². The lowest BCUT2D eigenvalue weighted by atomic mass is 10.1. The summed E-state index contributed by atoms with van der Waals surface area (Å²) in [6, 6.07) is 8.97. The molecule has 0 bridgehead atoms. The minimum Gasteiger partial charge on any atom is -0.478 e. The topological polar surface area (TPSA) is 83.5 Å². The minimum atomic E-state index is -3.94. The molecule has 0 saturated carbocycles. The number of carboxylic acid groups (broad SMARTS) is 1. The van der Waals surface area contributed by atoms with Crippen LogP contribution in [0.15, 0.2) is 47.4 Å². The van der Waals surface area contributed by atoms with E-state index in [1.54, 1.807) is 6.07 Å². The van der Waals surface area contributed by atoms with Crippen LogP contribution in [0.4, 0.5) is 4.39 Å². The number of rotatable bonds is 5. The fourth-order valence-corrected chi connectivity index (χ4v) is 3.28. The molecule has 0 fully saturated rings. The predicted molar refractivity (Wildman–Crippen MR) is 78.8 cm³/mol. The minimum absolute atomic E-state index is 0.0368. The highest BCUT2D eigenvalue weighted by Crippen LogP contribution is 2.20. The lowest BCUT2D eigenvalue weighted by molar-refractivity contribution is 0.0696. The normalized spacial score (nSPS) is 11.4. The van der Waals surface area contributed by atoms with Crippen LogP contribution in [0.2, 0.25) is 5.02 Å². The molecule has 2 aromatic rings.